The Kier molecular flexibility index (Phi) is 17.9. The fourth-order valence-electron chi connectivity index (χ4n) is 3.99. The van der Waals surface area contributed by atoms with Crippen molar-refractivity contribution in [3.63, 3.8) is 0 Å². The molecule has 6 nitrogen and oxygen atoms in total. The van der Waals surface area contributed by atoms with E-state index in [1.807, 2.05) is 0 Å². The number of ether oxygens (including phenoxy) is 1. The number of carbonyl (C=O) groups excluding carboxylic acids is 1. The quantitative estimate of drug-likeness (QED) is 0.125. The predicted octanol–water partition coefficient (Wildman–Crippen LogP) is 10.7. The minimum atomic E-state index is -1.34. The van der Waals surface area contributed by atoms with Gasteiger partial charge in [-0.25, -0.2) is 13.6 Å². The lowest BCUT2D eigenvalue weighted by atomic mass is 10.0. The lowest BCUT2D eigenvalue weighted by molar-refractivity contribution is 0.200. The Morgan fingerprint density at radius 3 is 2.23 bits per heavy atom. The van der Waals surface area contributed by atoms with E-state index in [1.54, 1.807) is 43.5 Å². The maximum atomic E-state index is 14.9. The minimum absolute atomic E-state index is 0.220. The molecule has 43 heavy (non-hydrogen) atoms. The lowest BCUT2D eigenvalue weighted by Crippen LogP contribution is -2.32. The number of benzene rings is 2. The number of hydrogen-bond acceptors (Lipinski definition) is 4. The third kappa shape index (κ3) is 16.1. The zero-order valence-electron chi connectivity index (χ0n) is 27.4. The van der Waals surface area contributed by atoms with Gasteiger partial charge in [-0.2, -0.15) is 0 Å². The van der Waals surface area contributed by atoms with Crippen LogP contribution in [0.25, 0.3) is 5.70 Å². The van der Waals surface area contributed by atoms with Crippen molar-refractivity contribution in [3.05, 3.63) is 54.4 Å². The van der Waals surface area contributed by atoms with Crippen LogP contribution in [0.4, 0.5) is 30.6 Å². The number of nitrogens with one attached hydrogen (secondary N) is 3. The fraction of sp³-hybridized carbons (Fsp3) is 0.543. The summed E-state index contributed by atoms with van der Waals surface area (Å²) < 4.78 is 34.1. The van der Waals surface area contributed by atoms with E-state index < -0.39 is 17.5 Å². The number of carbonyl (C=O) groups is 1. The molecule has 0 aliphatic heterocycles. The number of nitrogens with zero attached hydrogens (tertiary/aromatic N) is 1. The Hall–Kier alpha value is -3.42. The molecule has 2 aromatic carbocycles. The average Bonchev–Trinajstić information content (AvgIpc) is 2.94. The van der Waals surface area contributed by atoms with Crippen LogP contribution in [0.1, 0.15) is 105 Å². The van der Waals surface area contributed by atoms with Crippen LogP contribution < -0.4 is 20.7 Å². The Balaban J connectivity index is 0.000000887. The van der Waals surface area contributed by atoms with E-state index in [2.05, 4.69) is 55.2 Å². The van der Waals surface area contributed by atoms with E-state index in [1.165, 1.54) is 52.0 Å². The zero-order chi connectivity index (χ0) is 32.3. The van der Waals surface area contributed by atoms with Crippen LogP contribution in [0, 0.1) is 11.7 Å². The predicted molar refractivity (Wildman–Crippen MR) is 180 cm³/mol. The van der Waals surface area contributed by atoms with Gasteiger partial charge in [-0.1, -0.05) is 72.8 Å². The number of aliphatic imine (C=N–C) groups is 1. The van der Waals surface area contributed by atoms with Crippen LogP contribution in [-0.4, -0.2) is 31.1 Å². The van der Waals surface area contributed by atoms with Crippen LogP contribution in [-0.2, 0) is 0 Å². The number of unbranched alkanes of at least 4 members (excludes halogenated alkanes) is 3. The molecule has 0 radical (unpaired) electrons. The molecule has 8 heteroatoms. The summed E-state index contributed by atoms with van der Waals surface area (Å²) in [5, 5.41) is 8.38. The number of halogens is 2. The summed E-state index contributed by atoms with van der Waals surface area (Å²) >= 11 is 0. The fourth-order valence-corrected chi connectivity index (χ4v) is 3.99. The second-order valence-electron chi connectivity index (χ2n) is 11.4. The SMILES string of the molecule is C=C(Nc1ccc(NC(=O)NCCC(C)(C)F)cc1)c1c(F)cc(OCCCC)cc1N=CC.CCCCCC(C)CC. The number of urea groups is 1. The maximum absolute atomic E-state index is 14.9. The molecule has 0 bridgehead atoms. The molecule has 1 unspecified atom stereocenters. The Morgan fingerprint density at radius 2 is 1.67 bits per heavy atom. The molecule has 0 fully saturated rings. The molecule has 0 spiro atoms. The van der Waals surface area contributed by atoms with Crippen LogP contribution in [0.15, 0.2) is 48.0 Å². The normalized spacial score (nSPS) is 11.8. The molecule has 1 atom stereocenters. The van der Waals surface area contributed by atoms with Crippen molar-refractivity contribution in [1.29, 1.82) is 0 Å². The molecule has 2 rings (SSSR count). The number of amides is 2. The first kappa shape index (κ1) is 37.6. The number of alkyl halides is 1. The second kappa shape index (κ2) is 20.5. The van der Waals surface area contributed by atoms with Crippen LogP contribution in [0.3, 0.4) is 0 Å². The molecule has 0 aromatic heterocycles. The maximum Gasteiger partial charge on any atom is 0.319 e. The molecule has 240 valence electrons. The van der Waals surface area contributed by atoms with E-state index in [0.29, 0.717) is 35.1 Å². The summed E-state index contributed by atoms with van der Waals surface area (Å²) in [6.07, 6.45) is 10.7. The van der Waals surface area contributed by atoms with Gasteiger partial charge < -0.3 is 20.7 Å². The van der Waals surface area contributed by atoms with Gasteiger partial charge in [-0.3, -0.25) is 4.99 Å². The van der Waals surface area contributed by atoms with Crippen molar-refractivity contribution in [2.45, 2.75) is 106 Å². The lowest BCUT2D eigenvalue weighted by Gasteiger charge is -2.16. The molecule has 2 amide bonds. The summed E-state index contributed by atoms with van der Waals surface area (Å²) in [4.78, 5) is 16.2. The number of anilines is 2. The first-order chi connectivity index (χ1) is 20.4. The highest BCUT2D eigenvalue weighted by molar-refractivity contribution is 5.90. The van der Waals surface area contributed by atoms with Crippen molar-refractivity contribution in [2.75, 3.05) is 23.8 Å². The average molecular weight is 601 g/mol. The standard InChI is InChI=1S/C26H34F2N4O2.C9H20/c1-6-8-15-34-21-16-22(27)24(23(17-21)29-7-2)18(3)31-19-9-11-20(12-10-19)32-25(33)30-14-13-26(4,5)28;1-4-6-7-8-9(3)5-2/h7,9-12,16-17,31H,3,6,8,13-15H2,1-2,4-5H3,(H2,30,32,33);9H,4-8H2,1-3H3. The van der Waals surface area contributed by atoms with Gasteiger partial charge >= 0.3 is 6.03 Å². The van der Waals surface area contributed by atoms with Crippen molar-refractivity contribution >= 4 is 35.0 Å². The molecular formula is C35H54F2N4O2. The second-order valence-corrected chi connectivity index (χ2v) is 11.4. The third-order valence-corrected chi connectivity index (χ3v) is 6.82. The largest absolute Gasteiger partial charge is 0.493 e. The van der Waals surface area contributed by atoms with Crippen molar-refractivity contribution in [3.8, 4) is 5.75 Å². The van der Waals surface area contributed by atoms with Gasteiger partial charge in [-0.05, 0) is 63.8 Å². The van der Waals surface area contributed by atoms with E-state index in [9.17, 15) is 13.6 Å². The monoisotopic (exact) mass is 600 g/mol. The van der Waals surface area contributed by atoms with Crippen molar-refractivity contribution in [2.24, 2.45) is 10.9 Å². The van der Waals surface area contributed by atoms with Gasteiger partial charge in [0.2, 0.25) is 0 Å². The van der Waals surface area contributed by atoms with Gasteiger partial charge in [0.25, 0.3) is 0 Å². The topological polar surface area (TPSA) is 74.8 Å². The highest BCUT2D eigenvalue weighted by Gasteiger charge is 2.16. The molecule has 0 heterocycles. The summed E-state index contributed by atoms with van der Waals surface area (Å²) in [6, 6.07) is 9.46. The van der Waals surface area contributed by atoms with Gasteiger partial charge in [-0.15, -0.1) is 0 Å². The van der Waals surface area contributed by atoms with Gasteiger partial charge in [0.1, 0.15) is 17.2 Å². The molecule has 3 N–H and O–H groups in total. The summed E-state index contributed by atoms with van der Waals surface area (Å²) in [5.41, 5.74) is 0.878. The first-order valence-corrected chi connectivity index (χ1v) is 15.7. The Bertz CT molecular complexity index is 1130. The summed E-state index contributed by atoms with van der Waals surface area (Å²) in [5.74, 6) is 0.891. The zero-order valence-corrected chi connectivity index (χ0v) is 27.4. The van der Waals surface area contributed by atoms with Gasteiger partial charge in [0.05, 0.1) is 17.9 Å². The van der Waals surface area contributed by atoms with E-state index in [0.717, 1.165) is 18.8 Å². The molecule has 0 saturated carbocycles. The Labute approximate surface area is 258 Å². The molecule has 0 aliphatic rings. The molecule has 0 aliphatic carbocycles. The third-order valence-electron chi connectivity index (χ3n) is 6.82. The first-order valence-electron chi connectivity index (χ1n) is 15.7. The minimum Gasteiger partial charge on any atom is -0.493 e. The van der Waals surface area contributed by atoms with Crippen molar-refractivity contribution < 1.29 is 18.3 Å². The highest BCUT2D eigenvalue weighted by Crippen LogP contribution is 2.33. The van der Waals surface area contributed by atoms with Gasteiger partial charge in [0.15, 0.2) is 0 Å². The van der Waals surface area contributed by atoms with Crippen LogP contribution in [0.2, 0.25) is 0 Å². The van der Waals surface area contributed by atoms with Crippen LogP contribution >= 0.6 is 0 Å². The molecule has 0 saturated heterocycles. The van der Waals surface area contributed by atoms with E-state index in [-0.39, 0.29) is 18.5 Å². The summed E-state index contributed by atoms with van der Waals surface area (Å²) in [7, 11) is 0. The van der Waals surface area contributed by atoms with E-state index >= 15 is 0 Å². The van der Waals surface area contributed by atoms with E-state index in [4.69, 9.17) is 4.74 Å². The van der Waals surface area contributed by atoms with Crippen LogP contribution in [0.5, 0.6) is 5.75 Å². The molecule has 2 aromatic rings. The number of rotatable bonds is 17. The van der Waals surface area contributed by atoms with Crippen molar-refractivity contribution in [1.82, 2.24) is 5.32 Å². The van der Waals surface area contributed by atoms with Gasteiger partial charge in [0, 0.05) is 42.0 Å². The highest BCUT2D eigenvalue weighted by atomic mass is 19.1. The summed E-state index contributed by atoms with van der Waals surface area (Å²) in [6.45, 7) is 18.3. The Morgan fingerprint density at radius 1 is 1.05 bits per heavy atom. The number of hydrogen-bond donors (Lipinski definition) is 3. The molecular weight excluding hydrogens is 546 g/mol. The smallest absolute Gasteiger partial charge is 0.319 e.